The number of anilines is 1. The van der Waals surface area contributed by atoms with Crippen molar-refractivity contribution in [2.75, 3.05) is 37.6 Å². The molecule has 5 nitrogen and oxygen atoms in total. The van der Waals surface area contributed by atoms with E-state index in [2.05, 4.69) is 21.9 Å². The van der Waals surface area contributed by atoms with E-state index in [1.165, 1.54) is 5.69 Å². The van der Waals surface area contributed by atoms with Gasteiger partial charge < -0.3 is 19.5 Å². The Bertz CT molecular complexity index is 671. The zero-order valence-electron chi connectivity index (χ0n) is 15.3. The molecule has 1 aliphatic heterocycles. The second-order valence-corrected chi connectivity index (χ2v) is 6.21. The summed E-state index contributed by atoms with van der Waals surface area (Å²) in [6, 6.07) is 17.9. The van der Waals surface area contributed by atoms with Gasteiger partial charge in [0, 0.05) is 37.8 Å². The summed E-state index contributed by atoms with van der Waals surface area (Å²) in [6.07, 6.45) is 0.803. The Labute approximate surface area is 176 Å². The quantitative estimate of drug-likeness (QED) is 0.600. The van der Waals surface area contributed by atoms with Crippen molar-refractivity contribution in [2.24, 2.45) is 0 Å². The Morgan fingerprint density at radius 1 is 0.923 bits per heavy atom. The molecule has 0 N–H and O–H groups in total. The molecule has 1 saturated heterocycles. The zero-order chi connectivity index (χ0) is 17.5. The van der Waals surface area contributed by atoms with Gasteiger partial charge in [0.2, 0.25) is 0 Å². The van der Waals surface area contributed by atoms with Crippen LogP contribution >= 0.6 is 0 Å². The van der Waals surface area contributed by atoms with Crippen LogP contribution in [0.5, 0.6) is 11.5 Å². The van der Waals surface area contributed by atoms with E-state index in [9.17, 15) is 9.90 Å². The smallest absolute Gasteiger partial charge is 0.550 e. The van der Waals surface area contributed by atoms with Gasteiger partial charge in [-0.2, -0.15) is 0 Å². The van der Waals surface area contributed by atoms with Crippen LogP contribution in [0.15, 0.2) is 54.6 Å². The second kappa shape index (κ2) is 10.6. The fourth-order valence-corrected chi connectivity index (χ4v) is 3.03. The summed E-state index contributed by atoms with van der Waals surface area (Å²) in [6.45, 7) is 4.63. The van der Waals surface area contributed by atoms with Crippen molar-refractivity contribution in [3.05, 3.63) is 54.6 Å². The van der Waals surface area contributed by atoms with Crippen LogP contribution < -0.4 is 44.3 Å². The molecule has 3 rings (SSSR count). The minimum Gasteiger partial charge on any atom is -0.550 e. The summed E-state index contributed by atoms with van der Waals surface area (Å²) in [4.78, 5) is 15.1. The predicted molar refractivity (Wildman–Crippen MR) is 95.9 cm³/mol. The number of aliphatic carboxylic acids is 1. The molecule has 0 unspecified atom stereocenters. The summed E-state index contributed by atoms with van der Waals surface area (Å²) in [5.74, 6) is 0.702. The topological polar surface area (TPSA) is 55.8 Å². The van der Waals surface area contributed by atoms with E-state index in [1.807, 2.05) is 42.5 Å². The molecule has 0 bridgehead atoms. The number of hydrogen-bond donors (Lipinski definition) is 0. The first-order chi connectivity index (χ1) is 12.2. The van der Waals surface area contributed by atoms with E-state index >= 15 is 0 Å². The minimum absolute atomic E-state index is 0. The van der Waals surface area contributed by atoms with Gasteiger partial charge in [-0.25, -0.2) is 0 Å². The molecule has 0 saturated carbocycles. The summed E-state index contributed by atoms with van der Waals surface area (Å²) < 4.78 is 5.82. The van der Waals surface area contributed by atoms with Gasteiger partial charge in [-0.15, -0.1) is 0 Å². The van der Waals surface area contributed by atoms with Gasteiger partial charge in [-0.05, 0) is 55.8 Å². The Morgan fingerprint density at radius 3 is 2.15 bits per heavy atom. The molecule has 2 aromatic carbocycles. The molecule has 0 atom stereocenters. The van der Waals surface area contributed by atoms with Crippen LogP contribution in [-0.2, 0) is 4.79 Å². The summed E-state index contributed by atoms with van der Waals surface area (Å²) in [5.41, 5.74) is 1.19. The number of nitrogens with zero attached hydrogens (tertiary/aromatic N) is 2. The number of carboxylic acid groups (broad SMARTS) is 1. The maximum absolute atomic E-state index is 10.5. The predicted octanol–water partition coefficient (Wildman–Crippen LogP) is -0.865. The van der Waals surface area contributed by atoms with Crippen molar-refractivity contribution < 1.29 is 44.2 Å². The van der Waals surface area contributed by atoms with Crippen molar-refractivity contribution in [3.63, 3.8) is 0 Å². The Morgan fingerprint density at radius 2 is 1.54 bits per heavy atom. The third-order valence-electron chi connectivity index (χ3n) is 4.41. The van der Waals surface area contributed by atoms with Gasteiger partial charge in [0.25, 0.3) is 0 Å². The van der Waals surface area contributed by atoms with Gasteiger partial charge in [0.15, 0.2) is 0 Å². The first kappa shape index (κ1) is 20.8. The maximum Gasteiger partial charge on any atom is 1.00 e. The van der Waals surface area contributed by atoms with Crippen molar-refractivity contribution in [1.29, 1.82) is 0 Å². The molecule has 26 heavy (non-hydrogen) atoms. The molecule has 0 aromatic heterocycles. The number of hydrogen-bond acceptors (Lipinski definition) is 5. The van der Waals surface area contributed by atoms with Crippen LogP contribution in [0.3, 0.4) is 0 Å². The molecule has 2 aromatic rings. The molecule has 1 heterocycles. The number of ether oxygens (including phenoxy) is 1. The third kappa shape index (κ3) is 6.32. The first-order valence-corrected chi connectivity index (χ1v) is 8.71. The number of carbonyl (C=O) groups excluding carboxylic acids is 1. The monoisotopic (exact) mass is 362 g/mol. The second-order valence-electron chi connectivity index (χ2n) is 6.21. The number of rotatable bonds is 7. The van der Waals surface area contributed by atoms with Crippen LogP contribution in [0.2, 0.25) is 0 Å². The Kier molecular flexibility index (Phi) is 8.45. The molecule has 0 aliphatic carbocycles. The number of benzene rings is 2. The number of piperazine rings is 1. The van der Waals surface area contributed by atoms with Crippen molar-refractivity contribution in [1.82, 2.24) is 4.90 Å². The standard InChI is InChI=1S/C20H24N2O3.Na/c23-20(24)7-4-12-21-13-15-22(16-14-21)17-8-10-19(11-9-17)25-18-5-2-1-3-6-18;/h1-3,5-6,8-11H,4,7,12-16H2,(H,23,24);/q;+1/p-1. The van der Waals surface area contributed by atoms with E-state index in [-0.39, 0.29) is 36.0 Å². The van der Waals surface area contributed by atoms with E-state index in [1.54, 1.807) is 0 Å². The molecule has 0 spiro atoms. The summed E-state index contributed by atoms with van der Waals surface area (Å²) in [7, 11) is 0. The van der Waals surface area contributed by atoms with Crippen molar-refractivity contribution in [3.8, 4) is 11.5 Å². The molecule has 0 amide bonds. The van der Waals surface area contributed by atoms with Gasteiger partial charge >= 0.3 is 29.6 Å². The van der Waals surface area contributed by atoms with Gasteiger partial charge in [-0.3, -0.25) is 4.90 Å². The van der Waals surface area contributed by atoms with E-state index in [0.717, 1.165) is 44.2 Å². The molecule has 132 valence electrons. The maximum atomic E-state index is 10.5. The molecule has 0 radical (unpaired) electrons. The SMILES string of the molecule is O=C([O-])CCCN1CCN(c2ccc(Oc3ccccc3)cc2)CC1.[Na+]. The number of para-hydroxylation sites is 1. The van der Waals surface area contributed by atoms with Crippen LogP contribution in [0, 0.1) is 0 Å². The molecular formula is C20H23N2NaO3. The van der Waals surface area contributed by atoms with E-state index in [0.29, 0.717) is 6.42 Å². The number of carbonyl (C=O) groups is 1. The third-order valence-corrected chi connectivity index (χ3v) is 4.41. The summed E-state index contributed by atoms with van der Waals surface area (Å²) >= 11 is 0. The fourth-order valence-electron chi connectivity index (χ4n) is 3.03. The largest absolute Gasteiger partial charge is 1.00 e. The molecule has 1 aliphatic rings. The van der Waals surface area contributed by atoms with Crippen LogP contribution in [0.25, 0.3) is 0 Å². The van der Waals surface area contributed by atoms with Gasteiger partial charge in [-0.1, -0.05) is 18.2 Å². The molecular weight excluding hydrogens is 339 g/mol. The van der Waals surface area contributed by atoms with Crippen LogP contribution in [0.4, 0.5) is 5.69 Å². The fraction of sp³-hybridized carbons (Fsp3) is 0.350. The zero-order valence-corrected chi connectivity index (χ0v) is 17.3. The van der Waals surface area contributed by atoms with Crippen molar-refractivity contribution in [2.45, 2.75) is 12.8 Å². The van der Waals surface area contributed by atoms with Crippen LogP contribution in [0.1, 0.15) is 12.8 Å². The Balaban J connectivity index is 0.00000243. The van der Waals surface area contributed by atoms with E-state index in [4.69, 9.17) is 4.74 Å². The summed E-state index contributed by atoms with van der Waals surface area (Å²) in [5, 5.41) is 10.5. The van der Waals surface area contributed by atoms with Gasteiger partial charge in [0.1, 0.15) is 11.5 Å². The molecule has 1 fully saturated rings. The van der Waals surface area contributed by atoms with Crippen LogP contribution in [-0.4, -0.2) is 43.6 Å². The Hall–Kier alpha value is -1.53. The first-order valence-electron chi connectivity index (χ1n) is 8.71. The van der Waals surface area contributed by atoms with E-state index < -0.39 is 5.97 Å². The average molecular weight is 362 g/mol. The molecule has 6 heteroatoms. The normalized spacial score (nSPS) is 14.5. The van der Waals surface area contributed by atoms with Crippen molar-refractivity contribution >= 4 is 11.7 Å². The minimum atomic E-state index is -0.962. The average Bonchev–Trinajstić information content (AvgIpc) is 2.64. The van der Waals surface area contributed by atoms with Gasteiger partial charge in [0.05, 0.1) is 0 Å². The number of carboxylic acids is 1.